The van der Waals surface area contributed by atoms with Crippen LogP contribution in [0.5, 0.6) is 0 Å². The van der Waals surface area contributed by atoms with E-state index in [1.54, 1.807) is 6.07 Å². The van der Waals surface area contributed by atoms with E-state index in [4.69, 9.17) is 0 Å². The quantitative estimate of drug-likeness (QED) is 0.913. The Bertz CT molecular complexity index is 638. The highest BCUT2D eigenvalue weighted by molar-refractivity contribution is 5.99. The van der Waals surface area contributed by atoms with Crippen molar-refractivity contribution in [1.29, 1.82) is 0 Å². The molecule has 104 valence electrons. The van der Waals surface area contributed by atoms with E-state index in [9.17, 15) is 9.18 Å². The van der Waals surface area contributed by atoms with E-state index < -0.39 is 0 Å². The summed E-state index contributed by atoms with van der Waals surface area (Å²) < 4.78 is 13.3. The topological polar surface area (TPSA) is 54.9 Å². The van der Waals surface area contributed by atoms with Crippen LogP contribution in [0.2, 0.25) is 0 Å². The van der Waals surface area contributed by atoms with Gasteiger partial charge in [0.15, 0.2) is 0 Å². The molecule has 4 nitrogen and oxygen atoms in total. The molecule has 0 saturated heterocycles. The molecule has 1 amide bonds. The van der Waals surface area contributed by atoms with E-state index in [2.05, 4.69) is 15.3 Å². The Morgan fingerprint density at radius 3 is 2.80 bits per heavy atom. The number of hydrogen-bond acceptors (Lipinski definition) is 3. The Kier molecular flexibility index (Phi) is 3.58. The first kappa shape index (κ1) is 13.0. The van der Waals surface area contributed by atoms with Crippen molar-refractivity contribution in [2.45, 2.75) is 32.1 Å². The summed E-state index contributed by atoms with van der Waals surface area (Å²) in [6.45, 7) is 0. The lowest BCUT2D eigenvalue weighted by Crippen LogP contribution is -2.25. The van der Waals surface area contributed by atoms with Gasteiger partial charge in [-0.25, -0.2) is 14.4 Å². The van der Waals surface area contributed by atoms with Crippen molar-refractivity contribution in [3.05, 3.63) is 30.3 Å². The average Bonchev–Trinajstić information content (AvgIpc) is 2.49. The zero-order valence-corrected chi connectivity index (χ0v) is 11.1. The van der Waals surface area contributed by atoms with Gasteiger partial charge in [-0.3, -0.25) is 4.79 Å². The summed E-state index contributed by atoms with van der Waals surface area (Å²) in [5.41, 5.74) is 0.625. The number of fused-ring (bicyclic) bond motifs is 1. The van der Waals surface area contributed by atoms with Gasteiger partial charge < -0.3 is 5.32 Å². The lowest BCUT2D eigenvalue weighted by molar-refractivity contribution is -0.120. The number of anilines is 1. The van der Waals surface area contributed by atoms with Gasteiger partial charge in [-0.15, -0.1) is 0 Å². The molecule has 0 atom stereocenters. The number of aromatic nitrogens is 2. The average molecular weight is 273 g/mol. The Labute approximate surface area is 116 Å². The molecular formula is C15H16FN3O. The van der Waals surface area contributed by atoms with Crippen LogP contribution in [-0.2, 0) is 4.79 Å². The van der Waals surface area contributed by atoms with E-state index in [1.807, 2.05) is 0 Å². The van der Waals surface area contributed by atoms with Gasteiger partial charge >= 0.3 is 0 Å². The summed E-state index contributed by atoms with van der Waals surface area (Å²) in [5.74, 6) is 0.0572. The fourth-order valence-electron chi connectivity index (χ4n) is 2.71. The van der Waals surface area contributed by atoms with Crippen molar-refractivity contribution in [2.75, 3.05) is 5.32 Å². The Morgan fingerprint density at radius 1 is 1.20 bits per heavy atom. The normalized spacial score (nSPS) is 16.2. The number of nitrogens with one attached hydrogen (secondary N) is 1. The smallest absolute Gasteiger partial charge is 0.228 e. The second-order valence-corrected chi connectivity index (χ2v) is 5.21. The number of halogens is 1. The van der Waals surface area contributed by atoms with Crippen LogP contribution in [0.15, 0.2) is 24.5 Å². The van der Waals surface area contributed by atoms with Crippen LogP contribution >= 0.6 is 0 Å². The highest BCUT2D eigenvalue weighted by atomic mass is 19.1. The maximum absolute atomic E-state index is 13.3. The molecule has 1 aromatic carbocycles. The summed E-state index contributed by atoms with van der Waals surface area (Å²) in [5, 5.41) is 3.36. The number of carbonyl (C=O) groups excluding carboxylic acids is 1. The van der Waals surface area contributed by atoms with Crippen LogP contribution in [0.1, 0.15) is 32.1 Å². The van der Waals surface area contributed by atoms with E-state index in [0.29, 0.717) is 16.7 Å². The molecule has 1 fully saturated rings. The van der Waals surface area contributed by atoms with Gasteiger partial charge in [-0.1, -0.05) is 19.3 Å². The molecule has 2 aromatic rings. The Hall–Kier alpha value is -2.04. The van der Waals surface area contributed by atoms with Gasteiger partial charge in [-0.2, -0.15) is 0 Å². The fourth-order valence-corrected chi connectivity index (χ4v) is 2.71. The molecule has 20 heavy (non-hydrogen) atoms. The van der Waals surface area contributed by atoms with Gasteiger partial charge in [0.25, 0.3) is 0 Å². The molecule has 1 saturated carbocycles. The summed E-state index contributed by atoms with van der Waals surface area (Å²) in [4.78, 5) is 20.4. The molecule has 0 aliphatic heterocycles. The van der Waals surface area contributed by atoms with Crippen LogP contribution in [0, 0.1) is 11.7 Å². The molecule has 5 heteroatoms. The van der Waals surface area contributed by atoms with Gasteiger partial charge in [0.05, 0.1) is 5.52 Å². The number of rotatable bonds is 2. The number of carbonyl (C=O) groups is 1. The third-order valence-electron chi connectivity index (χ3n) is 3.81. The fraction of sp³-hybridized carbons (Fsp3) is 0.400. The van der Waals surface area contributed by atoms with Crippen molar-refractivity contribution in [2.24, 2.45) is 5.92 Å². The molecule has 0 radical (unpaired) electrons. The standard InChI is InChI=1S/C15H16FN3O/c16-11-6-7-13-12(8-11)14(18-9-17-13)19-15(20)10-4-2-1-3-5-10/h6-10H,1-5H2,(H,17,18,19,20). The molecular weight excluding hydrogens is 257 g/mol. The molecule has 0 bridgehead atoms. The molecule has 1 heterocycles. The minimum Gasteiger partial charge on any atom is -0.310 e. The number of hydrogen-bond donors (Lipinski definition) is 1. The van der Waals surface area contributed by atoms with Crippen LogP contribution in [0.25, 0.3) is 10.9 Å². The van der Waals surface area contributed by atoms with Crippen molar-refractivity contribution in [3.8, 4) is 0 Å². The van der Waals surface area contributed by atoms with Gasteiger partial charge in [0, 0.05) is 11.3 Å². The van der Waals surface area contributed by atoms with Crippen molar-refractivity contribution < 1.29 is 9.18 Å². The minimum absolute atomic E-state index is 0.0195. The van der Waals surface area contributed by atoms with Crippen molar-refractivity contribution in [1.82, 2.24) is 9.97 Å². The molecule has 1 N–H and O–H groups in total. The van der Waals surface area contributed by atoms with Gasteiger partial charge in [-0.05, 0) is 31.0 Å². The van der Waals surface area contributed by atoms with E-state index in [-0.39, 0.29) is 17.6 Å². The van der Waals surface area contributed by atoms with Crippen LogP contribution < -0.4 is 5.32 Å². The molecule has 0 spiro atoms. The third kappa shape index (κ3) is 2.61. The van der Waals surface area contributed by atoms with Crippen molar-refractivity contribution >= 4 is 22.6 Å². The minimum atomic E-state index is -0.361. The monoisotopic (exact) mass is 273 g/mol. The van der Waals surface area contributed by atoms with Gasteiger partial charge in [0.2, 0.25) is 5.91 Å². The molecule has 0 unspecified atom stereocenters. The molecule has 1 aliphatic rings. The molecule has 1 aliphatic carbocycles. The second-order valence-electron chi connectivity index (χ2n) is 5.21. The molecule has 1 aromatic heterocycles. The van der Waals surface area contributed by atoms with Crippen LogP contribution in [0.4, 0.5) is 10.2 Å². The largest absolute Gasteiger partial charge is 0.310 e. The summed E-state index contributed by atoms with van der Waals surface area (Å²) in [7, 11) is 0. The zero-order valence-electron chi connectivity index (χ0n) is 11.1. The lowest BCUT2D eigenvalue weighted by Gasteiger charge is -2.20. The first-order chi connectivity index (χ1) is 9.74. The van der Waals surface area contributed by atoms with Gasteiger partial charge in [0.1, 0.15) is 18.0 Å². The second kappa shape index (κ2) is 5.53. The van der Waals surface area contributed by atoms with E-state index >= 15 is 0 Å². The van der Waals surface area contributed by atoms with E-state index in [0.717, 1.165) is 25.7 Å². The third-order valence-corrected chi connectivity index (χ3v) is 3.81. The summed E-state index contributed by atoms with van der Waals surface area (Å²) in [6.07, 6.45) is 6.61. The lowest BCUT2D eigenvalue weighted by atomic mass is 9.88. The zero-order chi connectivity index (χ0) is 13.9. The number of amides is 1. The SMILES string of the molecule is O=C(Nc1ncnc2ccc(F)cc12)C1CCCCC1. The Balaban J connectivity index is 1.86. The number of nitrogens with zero attached hydrogens (tertiary/aromatic N) is 2. The predicted molar refractivity (Wildman–Crippen MR) is 74.7 cm³/mol. The van der Waals surface area contributed by atoms with E-state index in [1.165, 1.54) is 24.9 Å². The van der Waals surface area contributed by atoms with Crippen LogP contribution in [0.3, 0.4) is 0 Å². The Morgan fingerprint density at radius 2 is 2.00 bits per heavy atom. The number of benzene rings is 1. The summed E-state index contributed by atoms with van der Waals surface area (Å²) >= 11 is 0. The maximum atomic E-state index is 13.3. The summed E-state index contributed by atoms with van der Waals surface area (Å²) in [6, 6.07) is 4.29. The first-order valence-corrected chi connectivity index (χ1v) is 6.95. The van der Waals surface area contributed by atoms with Crippen molar-refractivity contribution in [3.63, 3.8) is 0 Å². The maximum Gasteiger partial charge on any atom is 0.228 e. The molecule has 3 rings (SSSR count). The predicted octanol–water partition coefficient (Wildman–Crippen LogP) is 3.29. The first-order valence-electron chi connectivity index (χ1n) is 6.95. The highest BCUT2D eigenvalue weighted by Gasteiger charge is 2.22. The highest BCUT2D eigenvalue weighted by Crippen LogP contribution is 2.26. The van der Waals surface area contributed by atoms with Crippen LogP contribution in [-0.4, -0.2) is 15.9 Å².